The third-order valence-corrected chi connectivity index (χ3v) is 3.21. The van der Waals surface area contributed by atoms with E-state index in [9.17, 15) is 9.59 Å². The van der Waals surface area contributed by atoms with Crippen molar-refractivity contribution in [1.29, 1.82) is 0 Å². The SMILES string of the molecule is COc1cccc(NC(=O)CN(C)[C@@H](C)C(=O)N(C)C)c1. The fourth-order valence-corrected chi connectivity index (χ4v) is 1.83. The number of anilines is 1. The number of benzene rings is 1. The number of carbonyl (C=O) groups is 2. The summed E-state index contributed by atoms with van der Waals surface area (Å²) in [7, 11) is 6.71. The largest absolute Gasteiger partial charge is 0.497 e. The number of likely N-dealkylation sites (N-methyl/N-ethyl adjacent to an activating group) is 2. The minimum absolute atomic E-state index is 0.0355. The average molecular weight is 293 g/mol. The Bertz CT molecular complexity index is 503. The van der Waals surface area contributed by atoms with Crippen molar-refractivity contribution in [3.63, 3.8) is 0 Å². The van der Waals surface area contributed by atoms with Crippen LogP contribution < -0.4 is 10.1 Å². The number of nitrogens with zero attached hydrogens (tertiary/aromatic N) is 2. The Morgan fingerprint density at radius 2 is 1.95 bits per heavy atom. The molecular weight excluding hydrogens is 270 g/mol. The van der Waals surface area contributed by atoms with Gasteiger partial charge in [0.25, 0.3) is 0 Å². The van der Waals surface area contributed by atoms with Crippen LogP contribution in [0.15, 0.2) is 24.3 Å². The molecule has 0 heterocycles. The molecule has 6 nitrogen and oxygen atoms in total. The molecule has 0 aliphatic carbocycles. The molecule has 0 bridgehead atoms. The number of carbonyl (C=O) groups excluding carboxylic acids is 2. The highest BCUT2D eigenvalue weighted by atomic mass is 16.5. The van der Waals surface area contributed by atoms with Gasteiger partial charge in [0.2, 0.25) is 11.8 Å². The monoisotopic (exact) mass is 293 g/mol. The molecular formula is C15H23N3O3. The van der Waals surface area contributed by atoms with Crippen molar-refractivity contribution in [1.82, 2.24) is 9.80 Å². The number of hydrogen-bond acceptors (Lipinski definition) is 4. The second-order valence-corrected chi connectivity index (χ2v) is 5.10. The topological polar surface area (TPSA) is 61.9 Å². The smallest absolute Gasteiger partial charge is 0.239 e. The highest BCUT2D eigenvalue weighted by molar-refractivity contribution is 5.93. The summed E-state index contributed by atoms with van der Waals surface area (Å²) in [5.74, 6) is 0.466. The predicted octanol–water partition coefficient (Wildman–Crippen LogP) is 1.04. The van der Waals surface area contributed by atoms with Crippen molar-refractivity contribution in [2.45, 2.75) is 13.0 Å². The normalized spacial score (nSPS) is 11.9. The first kappa shape index (κ1) is 17.0. The number of rotatable bonds is 6. The van der Waals surface area contributed by atoms with Gasteiger partial charge in [0.15, 0.2) is 0 Å². The summed E-state index contributed by atoms with van der Waals surface area (Å²) < 4.78 is 5.10. The van der Waals surface area contributed by atoms with Gasteiger partial charge < -0.3 is 15.0 Å². The quantitative estimate of drug-likeness (QED) is 0.851. The van der Waals surface area contributed by atoms with E-state index in [0.29, 0.717) is 11.4 Å². The van der Waals surface area contributed by atoms with E-state index in [1.54, 1.807) is 64.3 Å². The zero-order valence-corrected chi connectivity index (χ0v) is 13.2. The lowest BCUT2D eigenvalue weighted by molar-refractivity contribution is -0.133. The first-order valence-electron chi connectivity index (χ1n) is 6.70. The molecule has 1 atom stereocenters. The van der Waals surface area contributed by atoms with Gasteiger partial charge in [-0.05, 0) is 26.1 Å². The van der Waals surface area contributed by atoms with Crippen LogP contribution >= 0.6 is 0 Å². The van der Waals surface area contributed by atoms with E-state index < -0.39 is 0 Å². The van der Waals surface area contributed by atoms with Gasteiger partial charge in [-0.25, -0.2) is 0 Å². The molecule has 6 heteroatoms. The molecule has 0 spiro atoms. The average Bonchev–Trinajstić information content (AvgIpc) is 2.45. The van der Waals surface area contributed by atoms with Crippen LogP contribution in [0.5, 0.6) is 5.75 Å². The second kappa shape index (κ2) is 7.64. The fraction of sp³-hybridized carbons (Fsp3) is 0.467. The van der Waals surface area contributed by atoms with E-state index in [-0.39, 0.29) is 24.4 Å². The zero-order valence-electron chi connectivity index (χ0n) is 13.2. The van der Waals surface area contributed by atoms with E-state index in [2.05, 4.69) is 5.32 Å². The predicted molar refractivity (Wildman–Crippen MR) is 82.4 cm³/mol. The van der Waals surface area contributed by atoms with Crippen LogP contribution in [-0.4, -0.2) is 62.5 Å². The van der Waals surface area contributed by atoms with E-state index in [4.69, 9.17) is 4.74 Å². The summed E-state index contributed by atoms with van der Waals surface area (Å²) in [6.07, 6.45) is 0. The Balaban J connectivity index is 2.58. The molecule has 0 fully saturated rings. The Hall–Kier alpha value is -2.08. The Morgan fingerprint density at radius 3 is 2.52 bits per heavy atom. The lowest BCUT2D eigenvalue weighted by Crippen LogP contribution is -2.45. The Labute approximate surface area is 125 Å². The van der Waals surface area contributed by atoms with Gasteiger partial charge in [-0.1, -0.05) is 6.07 Å². The molecule has 0 aromatic heterocycles. The molecule has 0 aliphatic rings. The van der Waals surface area contributed by atoms with E-state index >= 15 is 0 Å². The minimum Gasteiger partial charge on any atom is -0.497 e. The van der Waals surface area contributed by atoms with Crippen LogP contribution in [0, 0.1) is 0 Å². The number of nitrogens with one attached hydrogen (secondary N) is 1. The number of amides is 2. The summed E-state index contributed by atoms with van der Waals surface area (Å²) in [6, 6.07) is 6.79. The van der Waals surface area contributed by atoms with Crippen LogP contribution in [0.25, 0.3) is 0 Å². The molecule has 0 radical (unpaired) electrons. The molecule has 1 aromatic carbocycles. The van der Waals surface area contributed by atoms with Gasteiger partial charge in [-0.2, -0.15) is 0 Å². The molecule has 0 aliphatic heterocycles. The first-order valence-corrected chi connectivity index (χ1v) is 6.70. The maximum Gasteiger partial charge on any atom is 0.239 e. The van der Waals surface area contributed by atoms with Crippen LogP contribution in [0.1, 0.15) is 6.92 Å². The van der Waals surface area contributed by atoms with Gasteiger partial charge in [0, 0.05) is 25.8 Å². The van der Waals surface area contributed by atoms with Crippen molar-refractivity contribution >= 4 is 17.5 Å². The molecule has 2 amide bonds. The molecule has 0 unspecified atom stereocenters. The maximum atomic E-state index is 12.0. The van der Waals surface area contributed by atoms with Crippen molar-refractivity contribution in [3.05, 3.63) is 24.3 Å². The standard InChI is InChI=1S/C15H23N3O3/c1-11(15(20)17(2)3)18(4)10-14(19)16-12-7-6-8-13(9-12)21-5/h6-9,11H,10H2,1-5H3,(H,16,19)/t11-/m0/s1. The molecule has 1 rings (SSSR count). The summed E-state index contributed by atoms with van der Waals surface area (Å²) in [6.45, 7) is 1.92. The van der Waals surface area contributed by atoms with Crippen molar-refractivity contribution in [2.24, 2.45) is 0 Å². The number of ether oxygens (including phenoxy) is 1. The third kappa shape index (κ3) is 5.07. The molecule has 21 heavy (non-hydrogen) atoms. The number of methoxy groups -OCH3 is 1. The van der Waals surface area contributed by atoms with Crippen LogP contribution in [0.3, 0.4) is 0 Å². The van der Waals surface area contributed by atoms with E-state index in [1.165, 1.54) is 4.90 Å². The van der Waals surface area contributed by atoms with Crippen molar-refractivity contribution in [3.8, 4) is 5.75 Å². The highest BCUT2D eigenvalue weighted by Crippen LogP contribution is 2.16. The van der Waals surface area contributed by atoms with Crippen LogP contribution in [0.4, 0.5) is 5.69 Å². The van der Waals surface area contributed by atoms with Gasteiger partial charge >= 0.3 is 0 Å². The molecule has 1 N–H and O–H groups in total. The van der Waals surface area contributed by atoms with Gasteiger partial charge in [-0.3, -0.25) is 14.5 Å². The summed E-state index contributed by atoms with van der Waals surface area (Å²) in [5, 5.41) is 2.79. The summed E-state index contributed by atoms with van der Waals surface area (Å²) >= 11 is 0. The molecule has 0 saturated carbocycles. The summed E-state index contributed by atoms with van der Waals surface area (Å²) in [4.78, 5) is 27.1. The Morgan fingerprint density at radius 1 is 1.29 bits per heavy atom. The molecule has 116 valence electrons. The Kier molecular flexibility index (Phi) is 6.17. The lowest BCUT2D eigenvalue weighted by atomic mass is 10.2. The first-order chi connectivity index (χ1) is 9.85. The van der Waals surface area contributed by atoms with Gasteiger partial charge in [0.1, 0.15) is 5.75 Å². The van der Waals surface area contributed by atoms with Crippen molar-refractivity contribution < 1.29 is 14.3 Å². The van der Waals surface area contributed by atoms with Gasteiger partial charge in [-0.15, -0.1) is 0 Å². The highest BCUT2D eigenvalue weighted by Gasteiger charge is 2.21. The van der Waals surface area contributed by atoms with E-state index in [0.717, 1.165) is 0 Å². The minimum atomic E-state index is -0.351. The van der Waals surface area contributed by atoms with Gasteiger partial charge in [0.05, 0.1) is 19.7 Å². The fourth-order valence-electron chi connectivity index (χ4n) is 1.83. The molecule has 0 saturated heterocycles. The zero-order chi connectivity index (χ0) is 16.0. The number of hydrogen-bond donors (Lipinski definition) is 1. The summed E-state index contributed by atoms with van der Waals surface area (Å²) in [5.41, 5.74) is 0.666. The van der Waals surface area contributed by atoms with Crippen LogP contribution in [-0.2, 0) is 9.59 Å². The molecule has 1 aromatic rings. The second-order valence-electron chi connectivity index (χ2n) is 5.10. The lowest BCUT2D eigenvalue weighted by Gasteiger charge is -2.25. The van der Waals surface area contributed by atoms with Crippen LogP contribution in [0.2, 0.25) is 0 Å². The third-order valence-electron chi connectivity index (χ3n) is 3.21. The van der Waals surface area contributed by atoms with Crippen molar-refractivity contribution in [2.75, 3.05) is 40.1 Å². The van der Waals surface area contributed by atoms with E-state index in [1.807, 2.05) is 0 Å². The maximum absolute atomic E-state index is 12.0.